The zero-order valence-electron chi connectivity index (χ0n) is 17.1. The molecule has 1 aliphatic rings. The zero-order chi connectivity index (χ0) is 22.0. The molecule has 0 aromatic heterocycles. The molecule has 3 aromatic rings. The molecule has 6 heteroatoms. The Morgan fingerprint density at radius 2 is 1.68 bits per heavy atom. The number of carbonyl (C=O) groups is 2. The van der Waals surface area contributed by atoms with Crippen LogP contribution in [-0.2, 0) is 11.4 Å². The predicted molar refractivity (Wildman–Crippen MR) is 127 cm³/mol. The molecule has 1 aliphatic heterocycles. The van der Waals surface area contributed by atoms with E-state index in [9.17, 15) is 9.59 Å². The summed E-state index contributed by atoms with van der Waals surface area (Å²) in [6.07, 6.45) is 1.74. The molecular formula is C25H20ClNO3S. The summed E-state index contributed by atoms with van der Waals surface area (Å²) >= 11 is 6.85. The van der Waals surface area contributed by atoms with Crippen LogP contribution in [-0.4, -0.2) is 11.1 Å². The minimum Gasteiger partial charge on any atom is -0.489 e. The van der Waals surface area contributed by atoms with Gasteiger partial charge in [-0.05, 0) is 84.3 Å². The Balaban J connectivity index is 1.47. The van der Waals surface area contributed by atoms with Crippen molar-refractivity contribution in [1.82, 2.24) is 0 Å². The molecule has 1 heterocycles. The smallest absolute Gasteiger partial charge is 0.298 e. The largest absolute Gasteiger partial charge is 0.489 e. The number of amides is 2. The van der Waals surface area contributed by atoms with Crippen LogP contribution >= 0.6 is 23.4 Å². The van der Waals surface area contributed by atoms with Crippen molar-refractivity contribution in [1.29, 1.82) is 0 Å². The number of benzene rings is 3. The molecule has 0 atom stereocenters. The molecule has 0 bridgehead atoms. The first kappa shape index (κ1) is 21.2. The van der Waals surface area contributed by atoms with E-state index in [2.05, 4.69) is 0 Å². The number of ether oxygens (including phenoxy) is 1. The summed E-state index contributed by atoms with van der Waals surface area (Å²) in [7, 11) is 0. The van der Waals surface area contributed by atoms with Crippen LogP contribution in [0.4, 0.5) is 10.5 Å². The number of hydrogen-bond donors (Lipinski definition) is 0. The third kappa shape index (κ3) is 4.68. The lowest BCUT2D eigenvalue weighted by molar-refractivity contribution is -0.113. The summed E-state index contributed by atoms with van der Waals surface area (Å²) in [5.41, 5.74) is 4.44. The number of imide groups is 1. The molecule has 0 saturated carbocycles. The molecule has 3 aromatic carbocycles. The average molecular weight is 450 g/mol. The Labute approximate surface area is 190 Å². The SMILES string of the molecule is Cc1cccc(N2C(=O)S/C(=C\c3ccc(OCc4ccc(Cl)cc4)cc3)C2=O)c1C. The van der Waals surface area contributed by atoms with Crippen molar-refractivity contribution in [2.24, 2.45) is 0 Å². The topological polar surface area (TPSA) is 46.6 Å². The van der Waals surface area contributed by atoms with Crippen LogP contribution < -0.4 is 9.64 Å². The molecule has 0 spiro atoms. The molecular weight excluding hydrogens is 430 g/mol. The monoisotopic (exact) mass is 449 g/mol. The molecule has 0 radical (unpaired) electrons. The summed E-state index contributed by atoms with van der Waals surface area (Å²) < 4.78 is 5.80. The number of aryl methyl sites for hydroxylation is 1. The Hall–Kier alpha value is -3.02. The van der Waals surface area contributed by atoms with Gasteiger partial charge in [-0.25, -0.2) is 4.90 Å². The molecule has 0 unspecified atom stereocenters. The van der Waals surface area contributed by atoms with Gasteiger partial charge in [-0.2, -0.15) is 0 Å². The van der Waals surface area contributed by atoms with Gasteiger partial charge >= 0.3 is 0 Å². The van der Waals surface area contributed by atoms with E-state index in [0.29, 0.717) is 22.2 Å². The minimum atomic E-state index is -0.299. The molecule has 156 valence electrons. The summed E-state index contributed by atoms with van der Waals surface area (Å²) in [5, 5.41) is 0.406. The van der Waals surface area contributed by atoms with Crippen LogP contribution in [0.5, 0.6) is 5.75 Å². The van der Waals surface area contributed by atoms with Crippen molar-refractivity contribution in [2.45, 2.75) is 20.5 Å². The lowest BCUT2D eigenvalue weighted by Crippen LogP contribution is -2.28. The van der Waals surface area contributed by atoms with Crippen LogP contribution in [0, 0.1) is 13.8 Å². The van der Waals surface area contributed by atoms with Crippen molar-refractivity contribution in [3.63, 3.8) is 0 Å². The third-order valence-electron chi connectivity index (χ3n) is 5.11. The number of rotatable bonds is 5. The summed E-state index contributed by atoms with van der Waals surface area (Å²) in [5.74, 6) is 0.419. The van der Waals surface area contributed by atoms with Crippen molar-refractivity contribution >= 4 is 46.3 Å². The van der Waals surface area contributed by atoms with Crippen LogP contribution in [0.15, 0.2) is 71.6 Å². The van der Waals surface area contributed by atoms with Crippen LogP contribution in [0.2, 0.25) is 5.02 Å². The second-order valence-electron chi connectivity index (χ2n) is 7.22. The first-order valence-corrected chi connectivity index (χ1v) is 10.9. The van der Waals surface area contributed by atoms with E-state index >= 15 is 0 Å². The van der Waals surface area contributed by atoms with Gasteiger partial charge in [-0.1, -0.05) is 48.0 Å². The highest BCUT2D eigenvalue weighted by Gasteiger charge is 2.37. The van der Waals surface area contributed by atoms with E-state index < -0.39 is 0 Å². The van der Waals surface area contributed by atoms with Crippen molar-refractivity contribution in [3.8, 4) is 5.75 Å². The van der Waals surface area contributed by atoms with Gasteiger partial charge in [-0.15, -0.1) is 0 Å². The highest BCUT2D eigenvalue weighted by atomic mass is 35.5. The second kappa shape index (κ2) is 9.00. The number of anilines is 1. The number of carbonyl (C=O) groups excluding carboxylic acids is 2. The molecule has 0 aliphatic carbocycles. The Morgan fingerprint density at radius 1 is 0.968 bits per heavy atom. The second-order valence-corrected chi connectivity index (χ2v) is 8.65. The van der Waals surface area contributed by atoms with Gasteiger partial charge in [0.25, 0.3) is 11.1 Å². The lowest BCUT2D eigenvalue weighted by atomic mass is 10.1. The van der Waals surface area contributed by atoms with E-state index in [1.165, 1.54) is 4.90 Å². The average Bonchev–Trinajstić information content (AvgIpc) is 3.04. The van der Waals surface area contributed by atoms with E-state index in [4.69, 9.17) is 16.3 Å². The Kier molecular flexibility index (Phi) is 6.16. The van der Waals surface area contributed by atoms with Gasteiger partial charge < -0.3 is 4.74 Å². The van der Waals surface area contributed by atoms with Crippen molar-refractivity contribution < 1.29 is 14.3 Å². The maximum Gasteiger partial charge on any atom is 0.298 e. The number of halogens is 1. The van der Waals surface area contributed by atoms with E-state index in [0.717, 1.165) is 39.8 Å². The van der Waals surface area contributed by atoms with Crippen molar-refractivity contribution in [3.05, 3.63) is 98.9 Å². The summed E-state index contributed by atoms with van der Waals surface area (Å²) in [6, 6.07) is 20.5. The zero-order valence-corrected chi connectivity index (χ0v) is 18.7. The molecule has 1 fully saturated rings. The van der Waals surface area contributed by atoms with E-state index in [1.807, 2.05) is 74.5 Å². The summed E-state index contributed by atoms with van der Waals surface area (Å²) in [6.45, 7) is 4.32. The van der Waals surface area contributed by atoms with Gasteiger partial charge in [0.1, 0.15) is 12.4 Å². The fraction of sp³-hybridized carbons (Fsp3) is 0.120. The molecule has 1 saturated heterocycles. The fourth-order valence-corrected chi connectivity index (χ4v) is 4.17. The predicted octanol–water partition coefficient (Wildman–Crippen LogP) is 6.78. The molecule has 31 heavy (non-hydrogen) atoms. The first-order chi connectivity index (χ1) is 14.9. The fourth-order valence-electron chi connectivity index (χ4n) is 3.21. The van der Waals surface area contributed by atoms with Gasteiger partial charge in [-0.3, -0.25) is 9.59 Å². The van der Waals surface area contributed by atoms with Gasteiger partial charge in [0, 0.05) is 5.02 Å². The third-order valence-corrected chi connectivity index (χ3v) is 6.23. The molecule has 2 amide bonds. The lowest BCUT2D eigenvalue weighted by Gasteiger charge is -2.16. The van der Waals surface area contributed by atoms with E-state index in [-0.39, 0.29) is 11.1 Å². The van der Waals surface area contributed by atoms with Crippen LogP contribution in [0.1, 0.15) is 22.3 Å². The van der Waals surface area contributed by atoms with E-state index in [1.54, 1.807) is 12.1 Å². The standard InChI is InChI=1S/C25H20ClNO3S/c1-16-4-3-5-22(17(16)2)27-24(28)23(31-25(27)29)14-18-8-12-21(13-9-18)30-15-19-6-10-20(26)11-7-19/h3-14H,15H2,1-2H3/b23-14-. The van der Waals surface area contributed by atoms with Gasteiger partial charge in [0.05, 0.1) is 10.6 Å². The van der Waals surface area contributed by atoms with Gasteiger partial charge in [0.2, 0.25) is 0 Å². The highest BCUT2D eigenvalue weighted by molar-refractivity contribution is 8.19. The number of nitrogens with zero attached hydrogens (tertiary/aromatic N) is 1. The Bertz CT molecular complexity index is 1170. The molecule has 4 rings (SSSR count). The maximum absolute atomic E-state index is 12.9. The number of hydrogen-bond acceptors (Lipinski definition) is 4. The minimum absolute atomic E-state index is 0.284. The molecule has 4 nitrogen and oxygen atoms in total. The normalized spacial score (nSPS) is 15.1. The van der Waals surface area contributed by atoms with Crippen molar-refractivity contribution in [2.75, 3.05) is 4.90 Å². The molecule has 0 N–H and O–H groups in total. The quantitative estimate of drug-likeness (QED) is 0.403. The Morgan fingerprint density at radius 3 is 2.39 bits per heavy atom. The number of thioether (sulfide) groups is 1. The summed E-state index contributed by atoms with van der Waals surface area (Å²) in [4.78, 5) is 27.1. The van der Waals surface area contributed by atoms with Crippen LogP contribution in [0.25, 0.3) is 6.08 Å². The highest BCUT2D eigenvalue weighted by Crippen LogP contribution is 2.37. The maximum atomic E-state index is 12.9. The van der Waals surface area contributed by atoms with Crippen LogP contribution in [0.3, 0.4) is 0 Å². The van der Waals surface area contributed by atoms with Gasteiger partial charge in [0.15, 0.2) is 0 Å². The first-order valence-electron chi connectivity index (χ1n) is 9.74.